The third-order valence-electron chi connectivity index (χ3n) is 4.49. The SMILES string of the molecule is CN(C)c1ccc(C=NNC(=O)c2cccc(S(=O)(=O)N3CCOCC3)c2)cc1. The average Bonchev–Trinajstić information content (AvgIpc) is 2.74. The van der Waals surface area contributed by atoms with Crippen molar-refractivity contribution in [1.82, 2.24) is 9.73 Å². The number of nitrogens with zero attached hydrogens (tertiary/aromatic N) is 3. The van der Waals surface area contributed by atoms with Crippen LogP contribution >= 0.6 is 0 Å². The van der Waals surface area contributed by atoms with E-state index in [-0.39, 0.29) is 10.5 Å². The Bertz CT molecular complexity index is 982. The van der Waals surface area contributed by atoms with Crippen molar-refractivity contribution in [1.29, 1.82) is 0 Å². The lowest BCUT2D eigenvalue weighted by Crippen LogP contribution is -2.40. The fourth-order valence-electron chi connectivity index (χ4n) is 2.82. The maximum absolute atomic E-state index is 12.7. The normalized spacial score (nSPS) is 15.4. The largest absolute Gasteiger partial charge is 0.379 e. The molecule has 0 radical (unpaired) electrons. The molecule has 1 fully saturated rings. The van der Waals surface area contributed by atoms with Gasteiger partial charge in [-0.25, -0.2) is 13.8 Å². The predicted octanol–water partition coefficient (Wildman–Crippen LogP) is 1.54. The predicted molar refractivity (Wildman–Crippen MR) is 112 cm³/mol. The molecule has 1 heterocycles. The fourth-order valence-corrected chi connectivity index (χ4v) is 4.28. The first-order valence-electron chi connectivity index (χ1n) is 9.17. The Labute approximate surface area is 170 Å². The Hall–Kier alpha value is -2.75. The molecule has 0 bridgehead atoms. The van der Waals surface area contributed by atoms with Crippen LogP contribution in [0, 0.1) is 0 Å². The molecule has 9 heteroatoms. The van der Waals surface area contributed by atoms with E-state index < -0.39 is 15.9 Å². The van der Waals surface area contributed by atoms with Gasteiger partial charge in [-0.15, -0.1) is 0 Å². The standard InChI is InChI=1S/C20H24N4O4S/c1-23(2)18-8-6-16(7-9-18)15-21-22-20(25)17-4-3-5-19(14-17)29(26,27)24-10-12-28-13-11-24/h3-9,14-15H,10-13H2,1-2H3,(H,22,25). The molecular formula is C20H24N4O4S. The summed E-state index contributed by atoms with van der Waals surface area (Å²) in [5.41, 5.74) is 4.55. The van der Waals surface area contributed by atoms with Crippen LogP contribution in [0.5, 0.6) is 0 Å². The van der Waals surface area contributed by atoms with Gasteiger partial charge in [0.25, 0.3) is 5.91 Å². The minimum absolute atomic E-state index is 0.0790. The number of carbonyl (C=O) groups excluding carboxylic acids is 1. The van der Waals surface area contributed by atoms with Crippen LogP contribution in [0.15, 0.2) is 58.5 Å². The van der Waals surface area contributed by atoms with Gasteiger partial charge >= 0.3 is 0 Å². The average molecular weight is 417 g/mol. The number of hydrogen-bond donors (Lipinski definition) is 1. The number of ether oxygens (including phenoxy) is 1. The van der Waals surface area contributed by atoms with Gasteiger partial charge in [0.2, 0.25) is 10.0 Å². The van der Waals surface area contributed by atoms with E-state index in [2.05, 4.69) is 10.5 Å². The topological polar surface area (TPSA) is 91.3 Å². The zero-order chi connectivity index (χ0) is 20.9. The minimum Gasteiger partial charge on any atom is -0.379 e. The summed E-state index contributed by atoms with van der Waals surface area (Å²) in [6.45, 7) is 1.33. The molecule has 29 heavy (non-hydrogen) atoms. The van der Waals surface area contributed by atoms with Gasteiger partial charge in [0, 0.05) is 38.4 Å². The molecular weight excluding hydrogens is 392 g/mol. The van der Waals surface area contributed by atoms with Crippen molar-refractivity contribution < 1.29 is 17.9 Å². The van der Waals surface area contributed by atoms with Gasteiger partial charge in [-0.05, 0) is 35.9 Å². The Kier molecular flexibility index (Phi) is 6.63. The molecule has 1 N–H and O–H groups in total. The Morgan fingerprint density at radius 1 is 1.14 bits per heavy atom. The Morgan fingerprint density at radius 3 is 2.48 bits per heavy atom. The number of hydrogen-bond acceptors (Lipinski definition) is 6. The van der Waals surface area contributed by atoms with Crippen molar-refractivity contribution in [3.05, 3.63) is 59.7 Å². The molecule has 3 rings (SSSR count). The highest BCUT2D eigenvalue weighted by molar-refractivity contribution is 7.89. The monoisotopic (exact) mass is 416 g/mol. The van der Waals surface area contributed by atoms with Gasteiger partial charge < -0.3 is 9.64 Å². The first kappa shape index (κ1) is 21.0. The highest BCUT2D eigenvalue weighted by Crippen LogP contribution is 2.18. The van der Waals surface area contributed by atoms with Crippen LogP contribution in [-0.2, 0) is 14.8 Å². The number of morpholine rings is 1. The zero-order valence-electron chi connectivity index (χ0n) is 16.4. The number of nitrogens with one attached hydrogen (secondary N) is 1. The van der Waals surface area contributed by atoms with E-state index in [1.807, 2.05) is 43.3 Å². The van der Waals surface area contributed by atoms with Crippen LogP contribution in [0.4, 0.5) is 5.69 Å². The molecule has 1 aliphatic rings. The highest BCUT2D eigenvalue weighted by Gasteiger charge is 2.26. The summed E-state index contributed by atoms with van der Waals surface area (Å²) in [4.78, 5) is 14.4. The fraction of sp³-hybridized carbons (Fsp3) is 0.300. The number of benzene rings is 2. The van der Waals surface area contributed by atoms with Gasteiger partial charge in [0.15, 0.2) is 0 Å². The maximum atomic E-state index is 12.7. The minimum atomic E-state index is -3.66. The van der Waals surface area contributed by atoms with E-state index in [4.69, 9.17) is 4.74 Å². The lowest BCUT2D eigenvalue weighted by Gasteiger charge is -2.26. The quantitative estimate of drug-likeness (QED) is 0.570. The lowest BCUT2D eigenvalue weighted by molar-refractivity contribution is 0.0730. The van der Waals surface area contributed by atoms with E-state index in [0.717, 1.165) is 11.3 Å². The molecule has 2 aromatic carbocycles. The molecule has 1 saturated heterocycles. The number of anilines is 1. The first-order valence-corrected chi connectivity index (χ1v) is 10.6. The Balaban J connectivity index is 1.67. The summed E-state index contributed by atoms with van der Waals surface area (Å²) < 4.78 is 32.1. The van der Waals surface area contributed by atoms with E-state index in [1.54, 1.807) is 12.1 Å². The number of rotatable bonds is 6. The third kappa shape index (κ3) is 5.20. The molecule has 0 spiro atoms. The highest BCUT2D eigenvalue weighted by atomic mass is 32.2. The molecule has 0 aliphatic carbocycles. The van der Waals surface area contributed by atoms with Crippen LogP contribution in [0.1, 0.15) is 15.9 Å². The van der Waals surface area contributed by atoms with Gasteiger partial charge in [-0.1, -0.05) is 18.2 Å². The molecule has 0 atom stereocenters. The van der Waals surface area contributed by atoms with Crippen molar-refractivity contribution in [3.8, 4) is 0 Å². The van der Waals surface area contributed by atoms with Crippen molar-refractivity contribution in [2.75, 3.05) is 45.3 Å². The number of hydrazone groups is 1. The van der Waals surface area contributed by atoms with Crippen LogP contribution in [-0.4, -0.2) is 65.2 Å². The summed E-state index contributed by atoms with van der Waals surface area (Å²) in [6.07, 6.45) is 1.53. The summed E-state index contributed by atoms with van der Waals surface area (Å²) in [5, 5.41) is 3.96. The summed E-state index contributed by atoms with van der Waals surface area (Å²) in [6, 6.07) is 13.6. The second-order valence-electron chi connectivity index (χ2n) is 6.73. The van der Waals surface area contributed by atoms with Gasteiger partial charge in [0.05, 0.1) is 24.3 Å². The summed E-state index contributed by atoms with van der Waals surface area (Å²) >= 11 is 0. The van der Waals surface area contributed by atoms with Crippen LogP contribution < -0.4 is 10.3 Å². The van der Waals surface area contributed by atoms with Crippen molar-refractivity contribution in [3.63, 3.8) is 0 Å². The number of sulfonamides is 1. The van der Waals surface area contributed by atoms with Crippen LogP contribution in [0.2, 0.25) is 0 Å². The van der Waals surface area contributed by atoms with Gasteiger partial charge in [-0.2, -0.15) is 9.41 Å². The van der Waals surface area contributed by atoms with E-state index in [1.165, 1.54) is 22.7 Å². The molecule has 0 aromatic heterocycles. The first-order chi connectivity index (χ1) is 13.9. The van der Waals surface area contributed by atoms with Gasteiger partial charge in [-0.3, -0.25) is 4.79 Å². The zero-order valence-corrected chi connectivity index (χ0v) is 17.2. The molecule has 0 saturated carbocycles. The molecule has 2 aromatic rings. The Morgan fingerprint density at radius 2 is 1.83 bits per heavy atom. The van der Waals surface area contributed by atoms with E-state index in [9.17, 15) is 13.2 Å². The lowest BCUT2D eigenvalue weighted by atomic mass is 10.2. The molecule has 154 valence electrons. The summed E-state index contributed by atoms with van der Waals surface area (Å²) in [5.74, 6) is -0.481. The number of carbonyl (C=O) groups is 1. The molecule has 8 nitrogen and oxygen atoms in total. The smallest absolute Gasteiger partial charge is 0.271 e. The van der Waals surface area contributed by atoms with Crippen molar-refractivity contribution >= 4 is 27.8 Å². The van der Waals surface area contributed by atoms with Gasteiger partial charge in [0.1, 0.15) is 0 Å². The van der Waals surface area contributed by atoms with Crippen LogP contribution in [0.3, 0.4) is 0 Å². The summed E-state index contributed by atoms with van der Waals surface area (Å²) in [7, 11) is 0.248. The van der Waals surface area contributed by atoms with E-state index in [0.29, 0.717) is 26.3 Å². The van der Waals surface area contributed by atoms with E-state index >= 15 is 0 Å². The van der Waals surface area contributed by atoms with Crippen LogP contribution in [0.25, 0.3) is 0 Å². The maximum Gasteiger partial charge on any atom is 0.271 e. The van der Waals surface area contributed by atoms with Crippen molar-refractivity contribution in [2.45, 2.75) is 4.90 Å². The van der Waals surface area contributed by atoms with Crippen molar-refractivity contribution in [2.24, 2.45) is 5.10 Å². The number of amides is 1. The second kappa shape index (κ2) is 9.17. The molecule has 0 unspecified atom stereocenters. The molecule has 1 aliphatic heterocycles. The second-order valence-corrected chi connectivity index (χ2v) is 8.67. The molecule has 1 amide bonds. The third-order valence-corrected chi connectivity index (χ3v) is 6.39.